The molecule has 0 amide bonds. The molecular formula is C16H23BO6. The highest BCUT2D eigenvalue weighted by Crippen LogP contribution is 2.36. The maximum absolute atomic E-state index is 11.8. The van der Waals surface area contributed by atoms with Crippen molar-refractivity contribution < 1.29 is 28.3 Å². The summed E-state index contributed by atoms with van der Waals surface area (Å²) in [5.41, 5.74) is 0.214. The van der Waals surface area contributed by atoms with Crippen molar-refractivity contribution in [3.63, 3.8) is 0 Å². The van der Waals surface area contributed by atoms with Crippen molar-refractivity contribution in [3.05, 3.63) is 23.8 Å². The van der Waals surface area contributed by atoms with Gasteiger partial charge >= 0.3 is 13.1 Å². The average Bonchev–Trinajstić information content (AvgIpc) is 2.72. The van der Waals surface area contributed by atoms with E-state index in [9.17, 15) is 4.79 Å². The molecule has 0 radical (unpaired) electrons. The lowest BCUT2D eigenvalue weighted by molar-refractivity contribution is 0.00578. The SMILES string of the molecule is COCOc1cc(B2OC(C)(C)C(C)(C)O2)ccc1C(=O)OC. The predicted molar refractivity (Wildman–Crippen MR) is 86.0 cm³/mol. The van der Waals surface area contributed by atoms with E-state index in [0.717, 1.165) is 5.46 Å². The molecule has 23 heavy (non-hydrogen) atoms. The van der Waals surface area contributed by atoms with Crippen LogP contribution in [-0.2, 0) is 18.8 Å². The third-order valence-electron chi connectivity index (χ3n) is 4.27. The van der Waals surface area contributed by atoms with Gasteiger partial charge in [0.25, 0.3) is 0 Å². The second-order valence-corrected chi connectivity index (χ2v) is 6.39. The Kier molecular flexibility index (Phi) is 5.03. The van der Waals surface area contributed by atoms with E-state index in [1.54, 1.807) is 18.2 Å². The number of hydrogen-bond acceptors (Lipinski definition) is 6. The Morgan fingerprint density at radius 3 is 2.26 bits per heavy atom. The molecule has 0 bridgehead atoms. The highest BCUT2D eigenvalue weighted by Gasteiger charge is 2.51. The summed E-state index contributed by atoms with van der Waals surface area (Å²) >= 11 is 0. The van der Waals surface area contributed by atoms with Gasteiger partial charge in [0.15, 0.2) is 6.79 Å². The molecule has 1 aliphatic heterocycles. The van der Waals surface area contributed by atoms with Crippen molar-refractivity contribution in [3.8, 4) is 5.75 Å². The van der Waals surface area contributed by atoms with Crippen molar-refractivity contribution in [1.82, 2.24) is 0 Å². The summed E-state index contributed by atoms with van der Waals surface area (Å²) in [4.78, 5) is 11.8. The number of methoxy groups -OCH3 is 2. The van der Waals surface area contributed by atoms with Crippen molar-refractivity contribution >= 4 is 18.6 Å². The molecule has 1 aromatic rings. The van der Waals surface area contributed by atoms with E-state index in [1.807, 2.05) is 27.7 Å². The van der Waals surface area contributed by atoms with E-state index in [1.165, 1.54) is 14.2 Å². The number of ether oxygens (including phenoxy) is 3. The highest BCUT2D eigenvalue weighted by molar-refractivity contribution is 6.62. The van der Waals surface area contributed by atoms with Crippen LogP contribution in [0.4, 0.5) is 0 Å². The normalized spacial score (nSPS) is 18.8. The Hall–Kier alpha value is -1.57. The van der Waals surface area contributed by atoms with Gasteiger partial charge in [-0.1, -0.05) is 6.07 Å². The molecule has 1 saturated heterocycles. The molecule has 1 fully saturated rings. The summed E-state index contributed by atoms with van der Waals surface area (Å²) in [6.45, 7) is 7.96. The molecule has 7 heteroatoms. The summed E-state index contributed by atoms with van der Waals surface area (Å²) in [6, 6.07) is 5.12. The van der Waals surface area contributed by atoms with Crippen LogP contribution < -0.4 is 10.2 Å². The summed E-state index contributed by atoms with van der Waals surface area (Å²) in [6.07, 6.45) is 0. The molecule has 6 nitrogen and oxygen atoms in total. The Morgan fingerprint density at radius 1 is 1.13 bits per heavy atom. The van der Waals surface area contributed by atoms with Gasteiger partial charge in [0.2, 0.25) is 0 Å². The summed E-state index contributed by atoms with van der Waals surface area (Å²) in [5.74, 6) is -0.109. The van der Waals surface area contributed by atoms with Crippen molar-refractivity contribution in [2.24, 2.45) is 0 Å². The Balaban J connectivity index is 2.32. The third-order valence-corrected chi connectivity index (χ3v) is 4.27. The fraction of sp³-hybridized carbons (Fsp3) is 0.562. The number of carbonyl (C=O) groups excluding carboxylic acids is 1. The molecule has 0 atom stereocenters. The van der Waals surface area contributed by atoms with Gasteiger partial charge in [-0.25, -0.2) is 4.79 Å². The summed E-state index contributed by atoms with van der Waals surface area (Å²) < 4.78 is 27.2. The van der Waals surface area contributed by atoms with Gasteiger partial charge in [-0.2, -0.15) is 0 Å². The van der Waals surface area contributed by atoms with Gasteiger partial charge in [0, 0.05) is 7.11 Å². The second kappa shape index (κ2) is 6.51. The highest BCUT2D eigenvalue weighted by atomic mass is 16.7. The first-order valence-corrected chi connectivity index (χ1v) is 7.41. The summed E-state index contributed by atoms with van der Waals surface area (Å²) in [5, 5.41) is 0. The molecule has 0 aromatic heterocycles. The molecular weight excluding hydrogens is 299 g/mol. The van der Waals surface area contributed by atoms with E-state index in [4.69, 9.17) is 23.5 Å². The van der Waals surface area contributed by atoms with Gasteiger partial charge in [0.1, 0.15) is 11.3 Å². The smallest absolute Gasteiger partial charge is 0.467 e. The largest absolute Gasteiger partial charge is 0.494 e. The van der Waals surface area contributed by atoms with Crippen LogP contribution >= 0.6 is 0 Å². The van der Waals surface area contributed by atoms with E-state index in [-0.39, 0.29) is 6.79 Å². The van der Waals surface area contributed by atoms with Crippen LogP contribution in [0.25, 0.3) is 0 Å². The maximum Gasteiger partial charge on any atom is 0.494 e. The van der Waals surface area contributed by atoms with E-state index >= 15 is 0 Å². The summed E-state index contributed by atoms with van der Waals surface area (Å²) in [7, 11) is 2.30. The fourth-order valence-electron chi connectivity index (χ4n) is 2.19. The second-order valence-electron chi connectivity index (χ2n) is 6.39. The fourth-order valence-corrected chi connectivity index (χ4v) is 2.19. The number of esters is 1. The van der Waals surface area contributed by atoms with Gasteiger partial charge in [-0.05, 0) is 45.3 Å². The average molecular weight is 322 g/mol. The van der Waals surface area contributed by atoms with Crippen LogP contribution in [0.1, 0.15) is 38.1 Å². The monoisotopic (exact) mass is 322 g/mol. The lowest BCUT2D eigenvalue weighted by Crippen LogP contribution is -2.41. The van der Waals surface area contributed by atoms with Crippen molar-refractivity contribution in [2.45, 2.75) is 38.9 Å². The minimum absolute atomic E-state index is 0.0246. The number of rotatable bonds is 5. The number of benzene rings is 1. The first-order chi connectivity index (χ1) is 10.7. The molecule has 1 heterocycles. The lowest BCUT2D eigenvalue weighted by Gasteiger charge is -2.32. The van der Waals surface area contributed by atoms with E-state index in [0.29, 0.717) is 11.3 Å². The van der Waals surface area contributed by atoms with Crippen LogP contribution in [0.2, 0.25) is 0 Å². The van der Waals surface area contributed by atoms with E-state index < -0.39 is 24.3 Å². The molecule has 1 aliphatic rings. The maximum atomic E-state index is 11.8. The molecule has 0 N–H and O–H groups in total. The minimum Gasteiger partial charge on any atom is -0.467 e. The first-order valence-electron chi connectivity index (χ1n) is 7.41. The Morgan fingerprint density at radius 2 is 1.74 bits per heavy atom. The van der Waals surface area contributed by atoms with Crippen LogP contribution in [-0.4, -0.2) is 45.3 Å². The van der Waals surface area contributed by atoms with Crippen molar-refractivity contribution in [2.75, 3.05) is 21.0 Å². The first kappa shape index (κ1) is 17.8. The van der Waals surface area contributed by atoms with Crippen LogP contribution in [0.5, 0.6) is 5.75 Å². The molecule has 0 aliphatic carbocycles. The zero-order valence-electron chi connectivity index (χ0n) is 14.5. The molecule has 0 saturated carbocycles. The standard InChI is InChI=1S/C16H23BO6/c1-15(2)16(3,4)23-17(22-15)11-7-8-12(14(18)20-6)13(9-11)21-10-19-5/h7-9H,10H2,1-6H3. The van der Waals surface area contributed by atoms with Gasteiger partial charge < -0.3 is 23.5 Å². The van der Waals surface area contributed by atoms with Crippen molar-refractivity contribution in [1.29, 1.82) is 0 Å². The predicted octanol–water partition coefficient (Wildman–Crippen LogP) is 1.76. The zero-order chi connectivity index (χ0) is 17.3. The quantitative estimate of drug-likeness (QED) is 0.468. The van der Waals surface area contributed by atoms with Crippen LogP contribution in [0, 0.1) is 0 Å². The molecule has 0 unspecified atom stereocenters. The molecule has 126 valence electrons. The third kappa shape index (κ3) is 3.52. The number of carbonyl (C=O) groups is 1. The van der Waals surface area contributed by atoms with Crippen LogP contribution in [0.3, 0.4) is 0 Å². The minimum atomic E-state index is -0.531. The molecule has 2 rings (SSSR count). The van der Waals surface area contributed by atoms with Gasteiger partial charge in [-0.3, -0.25) is 0 Å². The molecule has 1 aromatic carbocycles. The number of hydrogen-bond donors (Lipinski definition) is 0. The van der Waals surface area contributed by atoms with Crippen LogP contribution in [0.15, 0.2) is 18.2 Å². The van der Waals surface area contributed by atoms with Gasteiger partial charge in [0.05, 0.1) is 18.3 Å². The Labute approximate surface area is 137 Å². The molecule has 0 spiro atoms. The Bertz CT molecular complexity index is 568. The van der Waals surface area contributed by atoms with E-state index in [2.05, 4.69) is 0 Å². The van der Waals surface area contributed by atoms with Gasteiger partial charge in [-0.15, -0.1) is 0 Å². The lowest BCUT2D eigenvalue weighted by atomic mass is 9.78. The topological polar surface area (TPSA) is 63.2 Å². The zero-order valence-corrected chi connectivity index (χ0v) is 14.5.